The topological polar surface area (TPSA) is 55.6 Å². The van der Waals surface area contributed by atoms with Gasteiger partial charge in [-0.3, -0.25) is 4.68 Å². The average molecular weight is 237 g/mol. The monoisotopic (exact) mass is 237 g/mol. The number of thiazole rings is 1. The maximum atomic E-state index is 4.31. The predicted octanol–water partition coefficient (Wildman–Crippen LogP) is 1.09. The highest BCUT2D eigenvalue weighted by molar-refractivity contribution is 7.11. The minimum Gasteiger partial charge on any atom is -0.310 e. The first-order valence-electron chi connectivity index (χ1n) is 5.37. The Kier molecular flexibility index (Phi) is 4.01. The molecule has 6 heteroatoms. The standard InChI is InChI=1S/C10H15N5S/c1-2-10-12-8-9(16-10)7-11-3-5-15-6-4-13-14-15/h4,6,8,11H,2-3,5,7H2,1H3. The molecule has 0 unspecified atom stereocenters. The molecule has 0 aliphatic carbocycles. The van der Waals surface area contributed by atoms with Gasteiger partial charge in [0.15, 0.2) is 0 Å². The molecule has 0 aromatic carbocycles. The van der Waals surface area contributed by atoms with Crippen LogP contribution in [0.1, 0.15) is 16.8 Å². The van der Waals surface area contributed by atoms with Crippen molar-refractivity contribution < 1.29 is 0 Å². The molecule has 0 aliphatic rings. The fourth-order valence-corrected chi connectivity index (χ4v) is 2.18. The SMILES string of the molecule is CCc1ncc(CNCCn2ccnn2)s1. The third-order valence-corrected chi connectivity index (χ3v) is 3.33. The van der Waals surface area contributed by atoms with E-state index < -0.39 is 0 Å². The molecule has 2 rings (SSSR count). The zero-order valence-electron chi connectivity index (χ0n) is 9.26. The van der Waals surface area contributed by atoms with Crippen LogP contribution in [0.25, 0.3) is 0 Å². The van der Waals surface area contributed by atoms with Crippen molar-refractivity contribution in [3.05, 3.63) is 28.5 Å². The number of aromatic nitrogens is 4. The zero-order valence-corrected chi connectivity index (χ0v) is 10.1. The Morgan fingerprint density at radius 2 is 2.44 bits per heavy atom. The summed E-state index contributed by atoms with van der Waals surface area (Å²) in [6.07, 6.45) is 6.52. The average Bonchev–Trinajstić information content (AvgIpc) is 2.95. The van der Waals surface area contributed by atoms with Crippen LogP contribution in [0.5, 0.6) is 0 Å². The first kappa shape index (κ1) is 11.2. The van der Waals surface area contributed by atoms with Crippen LogP contribution in [-0.2, 0) is 19.5 Å². The molecule has 16 heavy (non-hydrogen) atoms. The number of nitrogens with one attached hydrogen (secondary N) is 1. The smallest absolute Gasteiger partial charge is 0.0925 e. The van der Waals surface area contributed by atoms with E-state index in [-0.39, 0.29) is 0 Å². The lowest BCUT2D eigenvalue weighted by atomic mass is 10.5. The van der Waals surface area contributed by atoms with Crippen LogP contribution >= 0.6 is 11.3 Å². The maximum Gasteiger partial charge on any atom is 0.0925 e. The minimum atomic E-state index is 0.847. The summed E-state index contributed by atoms with van der Waals surface area (Å²) < 4.78 is 1.82. The molecule has 0 radical (unpaired) electrons. The van der Waals surface area contributed by atoms with Gasteiger partial charge < -0.3 is 5.32 Å². The number of hydrogen-bond acceptors (Lipinski definition) is 5. The van der Waals surface area contributed by atoms with Gasteiger partial charge >= 0.3 is 0 Å². The van der Waals surface area contributed by atoms with Crippen LogP contribution in [0.15, 0.2) is 18.6 Å². The van der Waals surface area contributed by atoms with Gasteiger partial charge in [0, 0.05) is 30.4 Å². The summed E-state index contributed by atoms with van der Waals surface area (Å²) in [6, 6.07) is 0. The second-order valence-corrected chi connectivity index (χ2v) is 4.62. The Morgan fingerprint density at radius 3 is 3.12 bits per heavy atom. The summed E-state index contributed by atoms with van der Waals surface area (Å²) in [4.78, 5) is 5.60. The minimum absolute atomic E-state index is 0.847. The molecule has 0 saturated heterocycles. The number of rotatable bonds is 6. The summed E-state index contributed by atoms with van der Waals surface area (Å²) >= 11 is 1.77. The van der Waals surface area contributed by atoms with Crippen molar-refractivity contribution in [2.75, 3.05) is 6.54 Å². The molecule has 5 nitrogen and oxygen atoms in total. The summed E-state index contributed by atoms with van der Waals surface area (Å²) in [5, 5.41) is 12.2. The Bertz CT molecular complexity index is 409. The number of aryl methyl sites for hydroxylation is 1. The van der Waals surface area contributed by atoms with Crippen molar-refractivity contribution >= 4 is 11.3 Å². The molecular formula is C10H15N5S. The zero-order chi connectivity index (χ0) is 11.2. The summed E-state index contributed by atoms with van der Waals surface area (Å²) in [5.41, 5.74) is 0. The normalized spacial score (nSPS) is 10.8. The van der Waals surface area contributed by atoms with E-state index in [1.807, 2.05) is 17.1 Å². The number of hydrogen-bond donors (Lipinski definition) is 1. The summed E-state index contributed by atoms with van der Waals surface area (Å²) in [5.74, 6) is 0. The largest absolute Gasteiger partial charge is 0.310 e. The maximum absolute atomic E-state index is 4.31. The number of nitrogens with zero attached hydrogens (tertiary/aromatic N) is 4. The van der Waals surface area contributed by atoms with E-state index >= 15 is 0 Å². The molecular weight excluding hydrogens is 222 g/mol. The lowest BCUT2D eigenvalue weighted by molar-refractivity contribution is 0.541. The van der Waals surface area contributed by atoms with Crippen molar-refractivity contribution in [3.63, 3.8) is 0 Å². The van der Waals surface area contributed by atoms with E-state index in [0.29, 0.717) is 0 Å². The predicted molar refractivity (Wildman–Crippen MR) is 63.2 cm³/mol. The molecule has 2 aromatic rings. The van der Waals surface area contributed by atoms with Gasteiger partial charge in [-0.25, -0.2) is 4.98 Å². The van der Waals surface area contributed by atoms with Crippen molar-refractivity contribution in [3.8, 4) is 0 Å². The van der Waals surface area contributed by atoms with Gasteiger partial charge in [-0.15, -0.1) is 16.4 Å². The lowest BCUT2D eigenvalue weighted by Gasteiger charge is -2.01. The Morgan fingerprint density at radius 1 is 1.50 bits per heavy atom. The third-order valence-electron chi connectivity index (χ3n) is 2.19. The Balaban J connectivity index is 1.68. The molecule has 1 N–H and O–H groups in total. The van der Waals surface area contributed by atoms with Crippen LogP contribution in [0.4, 0.5) is 0 Å². The second-order valence-electron chi connectivity index (χ2n) is 3.42. The van der Waals surface area contributed by atoms with Gasteiger partial charge in [-0.2, -0.15) is 0 Å². The van der Waals surface area contributed by atoms with Crippen LogP contribution in [0, 0.1) is 0 Å². The molecule has 86 valence electrons. The van der Waals surface area contributed by atoms with Gasteiger partial charge in [0.25, 0.3) is 0 Å². The molecule has 2 heterocycles. The van der Waals surface area contributed by atoms with Crippen molar-refractivity contribution in [1.29, 1.82) is 0 Å². The van der Waals surface area contributed by atoms with Crippen LogP contribution in [0.2, 0.25) is 0 Å². The molecule has 0 aliphatic heterocycles. The van der Waals surface area contributed by atoms with Crippen molar-refractivity contribution in [1.82, 2.24) is 25.3 Å². The van der Waals surface area contributed by atoms with Gasteiger partial charge in [0.2, 0.25) is 0 Å². The first-order valence-corrected chi connectivity index (χ1v) is 6.18. The molecule has 0 spiro atoms. The highest BCUT2D eigenvalue weighted by Crippen LogP contribution is 2.12. The highest BCUT2D eigenvalue weighted by Gasteiger charge is 1.99. The van der Waals surface area contributed by atoms with E-state index in [4.69, 9.17) is 0 Å². The van der Waals surface area contributed by atoms with E-state index in [1.54, 1.807) is 17.5 Å². The van der Waals surface area contributed by atoms with Crippen LogP contribution in [-0.4, -0.2) is 26.5 Å². The van der Waals surface area contributed by atoms with Gasteiger partial charge in [0.05, 0.1) is 17.7 Å². The van der Waals surface area contributed by atoms with E-state index in [1.165, 1.54) is 9.88 Å². The van der Waals surface area contributed by atoms with Gasteiger partial charge in [-0.05, 0) is 6.42 Å². The van der Waals surface area contributed by atoms with Gasteiger partial charge in [0.1, 0.15) is 0 Å². The highest BCUT2D eigenvalue weighted by atomic mass is 32.1. The van der Waals surface area contributed by atoms with Crippen LogP contribution < -0.4 is 5.32 Å². The van der Waals surface area contributed by atoms with Crippen molar-refractivity contribution in [2.24, 2.45) is 0 Å². The van der Waals surface area contributed by atoms with E-state index in [0.717, 1.165) is 26.1 Å². The third kappa shape index (κ3) is 3.11. The molecule has 0 saturated carbocycles. The quantitative estimate of drug-likeness (QED) is 0.764. The van der Waals surface area contributed by atoms with Gasteiger partial charge in [-0.1, -0.05) is 12.1 Å². The molecule has 0 fully saturated rings. The Hall–Kier alpha value is -1.27. The summed E-state index contributed by atoms with van der Waals surface area (Å²) in [7, 11) is 0. The molecule has 0 amide bonds. The van der Waals surface area contributed by atoms with Crippen molar-refractivity contribution in [2.45, 2.75) is 26.4 Å². The molecule has 0 atom stereocenters. The lowest BCUT2D eigenvalue weighted by Crippen LogP contribution is -2.19. The first-order chi connectivity index (χ1) is 7.88. The Labute approximate surface area is 98.5 Å². The second kappa shape index (κ2) is 5.72. The summed E-state index contributed by atoms with van der Waals surface area (Å²) in [6.45, 7) is 4.75. The van der Waals surface area contributed by atoms with E-state index in [2.05, 4.69) is 27.5 Å². The molecule has 0 bridgehead atoms. The van der Waals surface area contributed by atoms with Crippen LogP contribution in [0.3, 0.4) is 0 Å². The molecule has 2 aromatic heterocycles. The fraction of sp³-hybridized carbons (Fsp3) is 0.500. The fourth-order valence-electron chi connectivity index (χ4n) is 1.35. The van der Waals surface area contributed by atoms with E-state index in [9.17, 15) is 0 Å².